The van der Waals surface area contributed by atoms with Gasteiger partial charge in [-0.05, 0) is 11.1 Å². The zero-order chi connectivity index (χ0) is 13.7. The third-order valence-corrected chi connectivity index (χ3v) is 5.12. The normalized spacial score (nSPS) is 17.5. The highest BCUT2D eigenvalue weighted by Crippen LogP contribution is 2.10. The fourth-order valence-corrected chi connectivity index (χ4v) is 3.39. The van der Waals surface area contributed by atoms with Crippen LogP contribution >= 0.6 is 15.9 Å². The van der Waals surface area contributed by atoms with Crippen molar-refractivity contribution in [3.8, 4) is 0 Å². The second kappa shape index (κ2) is 6.81. The Morgan fingerprint density at radius 1 is 1.26 bits per heavy atom. The molecular formula is C12H17BrN2O3S. The Labute approximate surface area is 122 Å². The van der Waals surface area contributed by atoms with Crippen molar-refractivity contribution in [1.82, 2.24) is 9.03 Å². The molecule has 0 unspecified atom stereocenters. The Bertz CT molecular complexity index is 515. The molecule has 1 heterocycles. The molecule has 2 rings (SSSR count). The summed E-state index contributed by atoms with van der Waals surface area (Å²) in [6.45, 7) is 2.05. The van der Waals surface area contributed by atoms with Crippen molar-refractivity contribution < 1.29 is 13.2 Å². The third kappa shape index (κ3) is 4.25. The summed E-state index contributed by atoms with van der Waals surface area (Å²) in [4.78, 5) is 0. The topological polar surface area (TPSA) is 58.6 Å². The molecule has 0 aliphatic carbocycles. The van der Waals surface area contributed by atoms with Crippen LogP contribution in [0.1, 0.15) is 11.1 Å². The summed E-state index contributed by atoms with van der Waals surface area (Å²) in [5, 5.41) is 0.761. The quantitative estimate of drug-likeness (QED) is 0.814. The average Bonchev–Trinajstić information content (AvgIpc) is 2.46. The van der Waals surface area contributed by atoms with E-state index in [-0.39, 0.29) is 0 Å². The van der Waals surface area contributed by atoms with Crippen LogP contribution in [0.4, 0.5) is 0 Å². The van der Waals surface area contributed by atoms with E-state index in [9.17, 15) is 8.42 Å². The molecule has 0 aromatic heterocycles. The molecule has 1 fully saturated rings. The molecule has 106 valence electrons. The summed E-state index contributed by atoms with van der Waals surface area (Å²) >= 11 is 3.38. The molecule has 1 saturated heterocycles. The lowest BCUT2D eigenvalue weighted by molar-refractivity contribution is 0.0725. The molecule has 19 heavy (non-hydrogen) atoms. The number of nitrogens with zero attached hydrogens (tertiary/aromatic N) is 1. The monoisotopic (exact) mass is 348 g/mol. The standard InChI is InChI=1S/C12H17BrN2O3S/c13-9-11-2-1-3-12(8-11)10-14-19(16,17)15-4-6-18-7-5-15/h1-3,8,14H,4-7,9-10H2. The average molecular weight is 349 g/mol. The molecule has 1 aromatic carbocycles. The largest absolute Gasteiger partial charge is 0.379 e. The van der Waals surface area contributed by atoms with Gasteiger partial charge in [0, 0.05) is 25.0 Å². The van der Waals surface area contributed by atoms with Crippen molar-refractivity contribution in [2.75, 3.05) is 26.3 Å². The molecular weight excluding hydrogens is 332 g/mol. The minimum Gasteiger partial charge on any atom is -0.379 e. The van der Waals surface area contributed by atoms with Gasteiger partial charge >= 0.3 is 0 Å². The maximum atomic E-state index is 12.1. The van der Waals surface area contributed by atoms with Crippen LogP contribution in [0, 0.1) is 0 Å². The molecule has 1 aromatic rings. The van der Waals surface area contributed by atoms with Gasteiger partial charge in [0.25, 0.3) is 10.2 Å². The highest BCUT2D eigenvalue weighted by atomic mass is 79.9. The lowest BCUT2D eigenvalue weighted by Gasteiger charge is -2.26. The van der Waals surface area contributed by atoms with Crippen molar-refractivity contribution in [3.63, 3.8) is 0 Å². The zero-order valence-electron chi connectivity index (χ0n) is 10.5. The van der Waals surface area contributed by atoms with E-state index in [1.54, 1.807) is 0 Å². The van der Waals surface area contributed by atoms with Gasteiger partial charge in [0.2, 0.25) is 0 Å². The Hall–Kier alpha value is -0.470. The highest BCUT2D eigenvalue weighted by molar-refractivity contribution is 9.08. The van der Waals surface area contributed by atoms with Gasteiger partial charge in [-0.25, -0.2) is 0 Å². The van der Waals surface area contributed by atoms with E-state index >= 15 is 0 Å². The van der Waals surface area contributed by atoms with Gasteiger partial charge in [0.1, 0.15) is 0 Å². The number of ether oxygens (including phenoxy) is 1. The number of hydrogen-bond donors (Lipinski definition) is 1. The zero-order valence-corrected chi connectivity index (χ0v) is 12.9. The van der Waals surface area contributed by atoms with Crippen molar-refractivity contribution >= 4 is 26.1 Å². The van der Waals surface area contributed by atoms with Crippen LogP contribution in [0.2, 0.25) is 0 Å². The fraction of sp³-hybridized carbons (Fsp3) is 0.500. The summed E-state index contributed by atoms with van der Waals surface area (Å²) in [6, 6.07) is 7.81. The van der Waals surface area contributed by atoms with E-state index in [0.717, 1.165) is 16.5 Å². The van der Waals surface area contributed by atoms with E-state index < -0.39 is 10.2 Å². The number of morpholine rings is 1. The second-order valence-electron chi connectivity index (χ2n) is 4.29. The number of rotatable bonds is 5. The Morgan fingerprint density at radius 2 is 1.95 bits per heavy atom. The molecule has 0 amide bonds. The summed E-state index contributed by atoms with van der Waals surface area (Å²) in [7, 11) is -3.41. The SMILES string of the molecule is O=S(=O)(NCc1cccc(CBr)c1)N1CCOCC1. The lowest BCUT2D eigenvalue weighted by Crippen LogP contribution is -2.46. The molecule has 1 aliphatic heterocycles. The van der Waals surface area contributed by atoms with E-state index in [2.05, 4.69) is 20.7 Å². The third-order valence-electron chi connectivity index (χ3n) is 2.91. The van der Waals surface area contributed by atoms with Crippen LogP contribution in [-0.2, 0) is 26.8 Å². The molecule has 1 N–H and O–H groups in total. The molecule has 0 saturated carbocycles. The summed E-state index contributed by atoms with van der Waals surface area (Å²) in [5.41, 5.74) is 2.08. The van der Waals surface area contributed by atoms with Gasteiger partial charge in [-0.3, -0.25) is 0 Å². The Morgan fingerprint density at radius 3 is 2.63 bits per heavy atom. The van der Waals surface area contributed by atoms with Crippen LogP contribution in [0.3, 0.4) is 0 Å². The molecule has 0 spiro atoms. The van der Waals surface area contributed by atoms with Crippen molar-refractivity contribution in [2.24, 2.45) is 0 Å². The molecule has 1 aliphatic rings. The number of benzene rings is 1. The first kappa shape index (κ1) is 14.9. The predicted octanol–water partition coefficient (Wildman–Crippen LogP) is 1.25. The minimum absolute atomic E-state index is 0.306. The van der Waals surface area contributed by atoms with E-state index in [4.69, 9.17) is 4.74 Å². The number of nitrogens with one attached hydrogen (secondary N) is 1. The summed E-state index contributed by atoms with van der Waals surface area (Å²) in [5.74, 6) is 0. The first-order valence-electron chi connectivity index (χ1n) is 6.08. The van der Waals surface area contributed by atoms with Gasteiger partial charge in [-0.2, -0.15) is 17.4 Å². The van der Waals surface area contributed by atoms with Gasteiger partial charge in [0.15, 0.2) is 0 Å². The summed E-state index contributed by atoms with van der Waals surface area (Å²) in [6.07, 6.45) is 0. The van der Waals surface area contributed by atoms with E-state index in [0.29, 0.717) is 32.8 Å². The summed E-state index contributed by atoms with van der Waals surface area (Å²) < 4.78 is 33.3. The maximum Gasteiger partial charge on any atom is 0.279 e. The van der Waals surface area contributed by atoms with Crippen molar-refractivity contribution in [1.29, 1.82) is 0 Å². The van der Waals surface area contributed by atoms with Gasteiger partial charge in [0.05, 0.1) is 13.2 Å². The van der Waals surface area contributed by atoms with Gasteiger partial charge < -0.3 is 4.74 Å². The predicted molar refractivity (Wildman–Crippen MR) is 77.2 cm³/mol. The van der Waals surface area contributed by atoms with E-state index in [1.165, 1.54) is 4.31 Å². The highest BCUT2D eigenvalue weighted by Gasteiger charge is 2.23. The fourth-order valence-electron chi connectivity index (χ4n) is 1.88. The van der Waals surface area contributed by atoms with Gasteiger partial charge in [-0.15, -0.1) is 0 Å². The number of halogens is 1. The second-order valence-corrected chi connectivity index (χ2v) is 6.61. The first-order chi connectivity index (χ1) is 9.12. The minimum atomic E-state index is -3.41. The van der Waals surface area contributed by atoms with Gasteiger partial charge in [-0.1, -0.05) is 40.2 Å². The molecule has 5 nitrogen and oxygen atoms in total. The smallest absolute Gasteiger partial charge is 0.279 e. The molecule has 0 atom stereocenters. The Balaban J connectivity index is 1.96. The van der Waals surface area contributed by atoms with Crippen LogP contribution < -0.4 is 4.72 Å². The Kier molecular flexibility index (Phi) is 5.35. The van der Waals surface area contributed by atoms with Crippen molar-refractivity contribution in [2.45, 2.75) is 11.9 Å². The van der Waals surface area contributed by atoms with Crippen molar-refractivity contribution in [3.05, 3.63) is 35.4 Å². The van der Waals surface area contributed by atoms with Crippen LogP contribution in [-0.4, -0.2) is 39.0 Å². The molecule has 0 radical (unpaired) electrons. The van der Waals surface area contributed by atoms with Crippen LogP contribution in [0.5, 0.6) is 0 Å². The number of hydrogen-bond acceptors (Lipinski definition) is 3. The lowest BCUT2D eigenvalue weighted by atomic mass is 10.1. The molecule has 0 bridgehead atoms. The maximum absolute atomic E-state index is 12.1. The van der Waals surface area contributed by atoms with E-state index in [1.807, 2.05) is 24.3 Å². The molecule has 7 heteroatoms. The van der Waals surface area contributed by atoms with Crippen LogP contribution in [0.15, 0.2) is 24.3 Å². The van der Waals surface area contributed by atoms with Crippen LogP contribution in [0.25, 0.3) is 0 Å². The first-order valence-corrected chi connectivity index (χ1v) is 8.64. The number of alkyl halides is 1.